The minimum Gasteiger partial charge on any atom is -0.480 e. The van der Waals surface area contributed by atoms with Crippen LogP contribution in [-0.2, 0) is 21.5 Å². The average molecular weight is 638 g/mol. The van der Waals surface area contributed by atoms with Crippen molar-refractivity contribution in [2.75, 3.05) is 19.8 Å². The Hall–Kier alpha value is -4.11. The van der Waals surface area contributed by atoms with E-state index in [9.17, 15) is 40.3 Å². The van der Waals surface area contributed by atoms with Gasteiger partial charge in [-0.15, -0.1) is 0 Å². The summed E-state index contributed by atoms with van der Waals surface area (Å²) in [5.74, 6) is -7.48. The monoisotopic (exact) mass is 637 g/mol. The maximum Gasteiger partial charge on any atom is 0.461 e. The number of hydrogen-bond acceptors (Lipinski definition) is 5. The summed E-state index contributed by atoms with van der Waals surface area (Å²) < 4.78 is 105. The summed E-state index contributed by atoms with van der Waals surface area (Å²) in [7, 11) is 0. The molecule has 0 bridgehead atoms. The highest BCUT2D eigenvalue weighted by Crippen LogP contribution is 2.37. The fraction of sp³-hybridized carbons (Fsp3) is 0.296. The van der Waals surface area contributed by atoms with Crippen molar-refractivity contribution in [3.63, 3.8) is 0 Å². The molecular formula is C27H23ClF7N3O5. The van der Waals surface area contributed by atoms with Crippen molar-refractivity contribution < 1.29 is 54.9 Å². The number of aromatic nitrogens is 1. The van der Waals surface area contributed by atoms with Crippen molar-refractivity contribution >= 4 is 23.6 Å². The summed E-state index contributed by atoms with van der Waals surface area (Å²) in [5, 5.41) is 13.0. The third-order valence-corrected chi connectivity index (χ3v) is 5.95. The molecule has 0 saturated carbocycles. The third kappa shape index (κ3) is 9.44. The number of rotatable bonds is 14. The zero-order valence-corrected chi connectivity index (χ0v) is 22.6. The molecular weight excluding hydrogens is 615 g/mol. The molecule has 0 fully saturated rings. The van der Waals surface area contributed by atoms with Crippen molar-refractivity contribution in [1.29, 1.82) is 0 Å². The number of carboxylic acid groups (broad SMARTS) is 1. The maximum absolute atomic E-state index is 14.8. The van der Waals surface area contributed by atoms with Crippen LogP contribution in [0.15, 0.2) is 66.9 Å². The first-order chi connectivity index (χ1) is 20.1. The first-order valence-electron chi connectivity index (χ1n) is 12.2. The Morgan fingerprint density at radius 2 is 1.72 bits per heavy atom. The predicted octanol–water partition coefficient (Wildman–Crippen LogP) is 5.63. The van der Waals surface area contributed by atoms with E-state index < -0.39 is 67.3 Å². The van der Waals surface area contributed by atoms with Crippen molar-refractivity contribution in [2.45, 2.75) is 30.4 Å². The number of nitrogens with one attached hydrogen (secondary N) is 2. The third-order valence-electron chi connectivity index (χ3n) is 5.72. The van der Waals surface area contributed by atoms with Gasteiger partial charge >= 0.3 is 24.5 Å². The minimum absolute atomic E-state index is 0.0791. The van der Waals surface area contributed by atoms with Gasteiger partial charge in [0.15, 0.2) is 0 Å². The number of aliphatic carboxylic acids is 1. The molecule has 1 atom stereocenters. The average Bonchev–Trinajstić information content (AvgIpc) is 2.91. The Morgan fingerprint density at radius 3 is 2.33 bits per heavy atom. The summed E-state index contributed by atoms with van der Waals surface area (Å²) in [5.41, 5.74) is -1.98. The van der Waals surface area contributed by atoms with Crippen LogP contribution < -0.4 is 15.4 Å². The van der Waals surface area contributed by atoms with E-state index in [2.05, 4.69) is 19.8 Å². The van der Waals surface area contributed by atoms with Crippen molar-refractivity contribution in [1.82, 2.24) is 15.6 Å². The van der Waals surface area contributed by atoms with Crippen molar-refractivity contribution in [3.8, 4) is 5.75 Å². The van der Waals surface area contributed by atoms with Gasteiger partial charge in [-0.2, -0.15) is 17.6 Å². The summed E-state index contributed by atoms with van der Waals surface area (Å²) in [6, 6.07) is 11.4. The van der Waals surface area contributed by atoms with Gasteiger partial charge in [0.2, 0.25) is 0 Å². The molecule has 3 rings (SSSR count). The fourth-order valence-electron chi connectivity index (χ4n) is 3.91. The number of pyridine rings is 1. The van der Waals surface area contributed by atoms with Crippen LogP contribution in [0.5, 0.6) is 5.75 Å². The van der Waals surface area contributed by atoms with E-state index in [0.717, 1.165) is 18.3 Å². The van der Waals surface area contributed by atoms with E-state index in [-0.39, 0.29) is 22.7 Å². The Morgan fingerprint density at radius 1 is 1.02 bits per heavy atom. The van der Waals surface area contributed by atoms with Gasteiger partial charge < -0.3 is 25.2 Å². The van der Waals surface area contributed by atoms with Crippen LogP contribution in [-0.4, -0.2) is 60.3 Å². The number of nitrogens with zero attached hydrogens (tertiary/aromatic N) is 1. The Kier molecular flexibility index (Phi) is 10.8. The van der Waals surface area contributed by atoms with Crippen LogP contribution in [0.4, 0.5) is 35.5 Å². The standard InChI is InChI=1S/C27H23ClF7N3O5/c28-18-6-7-21(36-12-18)26(11-16-4-2-1-3-5-16,38-24(41)37-14-25(32,33)15-42-13-22(39)40)17-8-19(29)10-20(9-17)43-27(34,35)23(30)31/h1-10,12,23H,11,13-15H2,(H,39,40)(H2,37,38,41). The molecule has 0 aliphatic heterocycles. The summed E-state index contributed by atoms with van der Waals surface area (Å²) in [6.07, 6.45) is -8.42. The molecule has 2 amide bonds. The second-order valence-electron chi connectivity index (χ2n) is 9.12. The molecule has 2 aromatic carbocycles. The number of ether oxygens (including phenoxy) is 2. The number of benzene rings is 2. The lowest BCUT2D eigenvalue weighted by atomic mass is 9.80. The summed E-state index contributed by atoms with van der Waals surface area (Å²) in [4.78, 5) is 27.8. The molecule has 0 radical (unpaired) electrons. The number of amides is 2. The zero-order valence-electron chi connectivity index (χ0n) is 21.8. The van der Waals surface area contributed by atoms with Gasteiger partial charge in [0, 0.05) is 18.7 Å². The van der Waals surface area contributed by atoms with E-state index in [4.69, 9.17) is 16.7 Å². The molecule has 1 unspecified atom stereocenters. The highest BCUT2D eigenvalue weighted by molar-refractivity contribution is 6.30. The van der Waals surface area contributed by atoms with Gasteiger partial charge in [0.05, 0.1) is 17.3 Å². The quantitative estimate of drug-likeness (QED) is 0.198. The molecule has 0 saturated heterocycles. The molecule has 0 spiro atoms. The SMILES string of the molecule is O=C(O)COCC(F)(F)CNC(=O)NC(Cc1ccccc1)(c1cc(F)cc(OC(F)(F)C(F)F)c1)c1ccc(Cl)cn1. The molecule has 3 N–H and O–H groups in total. The number of urea groups is 1. The van der Waals surface area contributed by atoms with Crippen LogP contribution in [0, 0.1) is 5.82 Å². The second kappa shape index (κ2) is 13.9. The topological polar surface area (TPSA) is 110 Å². The van der Waals surface area contributed by atoms with Gasteiger partial charge in [0.25, 0.3) is 5.92 Å². The first kappa shape index (κ1) is 33.4. The van der Waals surface area contributed by atoms with Gasteiger partial charge in [-0.05, 0) is 35.4 Å². The van der Waals surface area contributed by atoms with E-state index in [1.807, 2.05) is 5.32 Å². The number of carbonyl (C=O) groups excluding carboxylic acids is 1. The summed E-state index contributed by atoms with van der Waals surface area (Å²) >= 11 is 5.96. The lowest BCUT2D eigenvalue weighted by Crippen LogP contribution is -2.54. The largest absolute Gasteiger partial charge is 0.480 e. The van der Waals surface area contributed by atoms with Gasteiger partial charge in [-0.25, -0.2) is 22.8 Å². The van der Waals surface area contributed by atoms with Crippen molar-refractivity contribution in [2.24, 2.45) is 0 Å². The van der Waals surface area contributed by atoms with E-state index in [1.54, 1.807) is 30.3 Å². The Labute approximate surface area is 244 Å². The Bertz CT molecular complexity index is 1400. The number of hydrogen-bond donors (Lipinski definition) is 3. The minimum atomic E-state index is -5.01. The molecule has 1 aromatic heterocycles. The maximum atomic E-state index is 14.8. The van der Waals surface area contributed by atoms with Gasteiger partial charge in [0.1, 0.15) is 30.3 Å². The van der Waals surface area contributed by atoms with Crippen LogP contribution >= 0.6 is 11.6 Å². The van der Waals surface area contributed by atoms with Crippen LogP contribution in [0.3, 0.4) is 0 Å². The van der Waals surface area contributed by atoms with E-state index >= 15 is 0 Å². The van der Waals surface area contributed by atoms with Crippen LogP contribution in [0.2, 0.25) is 5.02 Å². The lowest BCUT2D eigenvalue weighted by Gasteiger charge is -2.36. The zero-order chi connectivity index (χ0) is 31.8. The number of carbonyl (C=O) groups is 2. The van der Waals surface area contributed by atoms with E-state index in [1.165, 1.54) is 12.1 Å². The Balaban J connectivity index is 2.09. The molecule has 3 aromatic rings. The molecule has 0 aliphatic carbocycles. The predicted molar refractivity (Wildman–Crippen MR) is 138 cm³/mol. The van der Waals surface area contributed by atoms with Gasteiger partial charge in [-0.3, -0.25) is 4.98 Å². The molecule has 232 valence electrons. The smallest absolute Gasteiger partial charge is 0.461 e. The van der Waals surface area contributed by atoms with Gasteiger partial charge in [-0.1, -0.05) is 41.9 Å². The number of carboxylic acids is 1. The normalized spacial score (nSPS) is 13.3. The fourth-order valence-corrected chi connectivity index (χ4v) is 4.02. The molecule has 0 aliphatic rings. The highest BCUT2D eigenvalue weighted by atomic mass is 35.5. The molecule has 1 heterocycles. The van der Waals surface area contributed by atoms with Crippen molar-refractivity contribution in [3.05, 3.63) is 94.5 Å². The molecule has 16 heteroatoms. The second-order valence-corrected chi connectivity index (χ2v) is 9.56. The highest BCUT2D eigenvalue weighted by Gasteiger charge is 2.45. The number of halogens is 8. The molecule has 8 nitrogen and oxygen atoms in total. The summed E-state index contributed by atoms with van der Waals surface area (Å²) in [6.45, 7) is -3.71. The first-order valence-corrected chi connectivity index (χ1v) is 12.5. The van der Waals surface area contributed by atoms with E-state index in [0.29, 0.717) is 11.6 Å². The van der Waals surface area contributed by atoms with Crippen LogP contribution in [0.1, 0.15) is 16.8 Å². The van der Waals surface area contributed by atoms with Crippen LogP contribution in [0.25, 0.3) is 0 Å². The number of alkyl halides is 6. The molecule has 43 heavy (non-hydrogen) atoms. The lowest BCUT2D eigenvalue weighted by molar-refractivity contribution is -0.253.